The molecule has 0 saturated heterocycles. The maximum atomic E-state index is 13.5. The van der Waals surface area contributed by atoms with Crippen molar-refractivity contribution in [2.24, 2.45) is 0 Å². The number of anilines is 1. The number of hydrogen-bond donors (Lipinski definition) is 1. The zero-order chi connectivity index (χ0) is 25.5. The Morgan fingerprint density at radius 1 is 0.917 bits per heavy atom. The van der Waals surface area contributed by atoms with Crippen molar-refractivity contribution in [2.45, 2.75) is 29.8 Å². The highest BCUT2D eigenvalue weighted by molar-refractivity contribution is 7.92. The van der Waals surface area contributed by atoms with Crippen LogP contribution in [0.15, 0.2) is 78.1 Å². The number of aromatic nitrogens is 3. The van der Waals surface area contributed by atoms with Gasteiger partial charge >= 0.3 is 6.18 Å². The summed E-state index contributed by atoms with van der Waals surface area (Å²) in [6.45, 7) is 0. The van der Waals surface area contributed by atoms with Crippen LogP contribution in [0.4, 0.5) is 23.5 Å². The van der Waals surface area contributed by atoms with Gasteiger partial charge in [0.25, 0.3) is 10.0 Å². The lowest BCUT2D eigenvalue weighted by molar-refractivity contribution is -0.137. The molecule has 36 heavy (non-hydrogen) atoms. The van der Waals surface area contributed by atoms with E-state index >= 15 is 0 Å². The van der Waals surface area contributed by atoms with E-state index in [4.69, 9.17) is 0 Å². The van der Waals surface area contributed by atoms with Crippen LogP contribution >= 0.6 is 0 Å². The standard InChI is InChI=1S/C25H18F4N4O2S/c26-23-9-3-16(14-32-23)22-13-17(25(27,28)29)4-7-21(22)20-6-2-15-12-18(5-8-19(15)20)36(34,35)33-24-30-10-1-11-31-24/h1,3-5,7-14,20H,2,6H2,(H,30,31,33)/t20-/m1/s1. The summed E-state index contributed by atoms with van der Waals surface area (Å²) in [7, 11) is -3.94. The Labute approximate surface area is 204 Å². The van der Waals surface area contributed by atoms with Crippen LogP contribution < -0.4 is 4.72 Å². The maximum Gasteiger partial charge on any atom is 0.416 e. The largest absolute Gasteiger partial charge is 0.416 e. The number of pyridine rings is 1. The van der Waals surface area contributed by atoms with Gasteiger partial charge in [-0.05, 0) is 77.6 Å². The molecule has 0 fully saturated rings. The first-order valence-electron chi connectivity index (χ1n) is 10.9. The van der Waals surface area contributed by atoms with Crippen LogP contribution in [0.5, 0.6) is 0 Å². The molecule has 1 aliphatic rings. The number of nitrogens with one attached hydrogen (secondary N) is 1. The predicted octanol–water partition coefficient (Wildman–Crippen LogP) is 5.58. The molecule has 6 nitrogen and oxygen atoms in total. The topological polar surface area (TPSA) is 84.8 Å². The molecule has 0 saturated carbocycles. The molecule has 0 unspecified atom stereocenters. The van der Waals surface area contributed by atoms with Crippen LogP contribution in [0.2, 0.25) is 0 Å². The van der Waals surface area contributed by atoms with E-state index in [0.29, 0.717) is 29.5 Å². The van der Waals surface area contributed by atoms with Crippen LogP contribution in [0.25, 0.3) is 11.1 Å². The molecule has 0 bridgehead atoms. The Balaban J connectivity index is 1.53. The van der Waals surface area contributed by atoms with Gasteiger partial charge in [-0.2, -0.15) is 17.6 Å². The number of hydrogen-bond acceptors (Lipinski definition) is 5. The van der Waals surface area contributed by atoms with Crippen LogP contribution in [-0.2, 0) is 22.6 Å². The second kappa shape index (κ2) is 8.98. The Bertz CT molecular complexity index is 1530. The Morgan fingerprint density at radius 2 is 1.67 bits per heavy atom. The number of halogens is 4. The number of fused-ring (bicyclic) bond motifs is 1. The SMILES string of the molecule is O=S(=O)(Nc1ncccn1)c1ccc2c(c1)CC[C@H]2c1ccc(C(F)(F)F)cc1-c1ccc(F)nc1. The van der Waals surface area contributed by atoms with E-state index in [-0.39, 0.29) is 16.8 Å². The summed E-state index contributed by atoms with van der Waals surface area (Å²) in [5, 5.41) is 0. The number of alkyl halides is 3. The summed E-state index contributed by atoms with van der Waals surface area (Å²) in [6.07, 6.45) is 0.589. The first kappa shape index (κ1) is 23.9. The molecule has 2 aromatic heterocycles. The number of sulfonamides is 1. The minimum Gasteiger partial charge on any atom is -0.247 e. The summed E-state index contributed by atoms with van der Waals surface area (Å²) in [4.78, 5) is 11.4. The lowest BCUT2D eigenvalue weighted by Crippen LogP contribution is -2.15. The highest BCUT2D eigenvalue weighted by atomic mass is 32.2. The summed E-state index contributed by atoms with van der Waals surface area (Å²) >= 11 is 0. The minimum atomic E-state index is -4.55. The fraction of sp³-hybridized carbons (Fsp3) is 0.160. The van der Waals surface area contributed by atoms with Gasteiger partial charge in [0.05, 0.1) is 10.5 Å². The number of rotatable bonds is 5. The first-order chi connectivity index (χ1) is 17.1. The highest BCUT2D eigenvalue weighted by Crippen LogP contribution is 2.44. The average Bonchev–Trinajstić information content (AvgIpc) is 3.27. The van der Waals surface area contributed by atoms with Gasteiger partial charge < -0.3 is 0 Å². The number of benzene rings is 2. The van der Waals surface area contributed by atoms with Gasteiger partial charge in [0.15, 0.2) is 0 Å². The lowest BCUT2D eigenvalue weighted by atomic mass is 9.86. The zero-order valence-corrected chi connectivity index (χ0v) is 19.3. The normalized spacial score (nSPS) is 15.5. The fourth-order valence-corrected chi connectivity index (χ4v) is 5.44. The van der Waals surface area contributed by atoms with E-state index in [0.717, 1.165) is 29.3 Å². The fourth-order valence-electron chi connectivity index (χ4n) is 4.44. The van der Waals surface area contributed by atoms with Gasteiger partial charge in [-0.25, -0.2) is 28.1 Å². The van der Waals surface area contributed by atoms with Crippen molar-refractivity contribution >= 4 is 16.0 Å². The molecule has 0 amide bonds. The molecule has 2 heterocycles. The van der Waals surface area contributed by atoms with Crippen molar-refractivity contribution in [3.05, 3.63) is 101 Å². The van der Waals surface area contributed by atoms with Crippen molar-refractivity contribution in [1.82, 2.24) is 15.0 Å². The van der Waals surface area contributed by atoms with E-state index in [1.165, 1.54) is 36.8 Å². The number of nitrogens with zero attached hydrogens (tertiary/aromatic N) is 3. The van der Waals surface area contributed by atoms with Crippen LogP contribution in [0.1, 0.15) is 34.6 Å². The average molecular weight is 515 g/mol. The Hall–Kier alpha value is -3.86. The molecule has 2 aromatic carbocycles. The summed E-state index contributed by atoms with van der Waals surface area (Å²) in [6, 6.07) is 12.2. The van der Waals surface area contributed by atoms with E-state index in [1.807, 2.05) is 0 Å². The van der Waals surface area contributed by atoms with Gasteiger partial charge in [-0.15, -0.1) is 0 Å². The van der Waals surface area contributed by atoms with E-state index in [1.54, 1.807) is 18.2 Å². The first-order valence-corrected chi connectivity index (χ1v) is 12.4. The lowest BCUT2D eigenvalue weighted by Gasteiger charge is -2.19. The second-order valence-electron chi connectivity index (χ2n) is 8.30. The molecule has 11 heteroatoms. The smallest absolute Gasteiger partial charge is 0.247 e. The number of aryl methyl sites for hydroxylation is 1. The highest BCUT2D eigenvalue weighted by Gasteiger charge is 2.33. The molecule has 1 aliphatic carbocycles. The predicted molar refractivity (Wildman–Crippen MR) is 124 cm³/mol. The quantitative estimate of drug-likeness (QED) is 0.278. The Kier molecular flexibility index (Phi) is 5.95. The van der Waals surface area contributed by atoms with Crippen molar-refractivity contribution in [1.29, 1.82) is 0 Å². The molecule has 0 radical (unpaired) electrons. The monoisotopic (exact) mass is 514 g/mol. The second-order valence-corrected chi connectivity index (χ2v) is 9.98. The van der Waals surface area contributed by atoms with Crippen LogP contribution in [-0.4, -0.2) is 23.4 Å². The zero-order valence-electron chi connectivity index (χ0n) is 18.5. The molecule has 4 aromatic rings. The Morgan fingerprint density at radius 3 is 2.36 bits per heavy atom. The third kappa shape index (κ3) is 4.66. The van der Waals surface area contributed by atoms with Gasteiger partial charge in [-0.3, -0.25) is 0 Å². The summed E-state index contributed by atoms with van der Waals surface area (Å²) in [5.41, 5.74) is 2.06. The molecular weight excluding hydrogens is 496 g/mol. The third-order valence-corrected chi connectivity index (χ3v) is 7.41. The van der Waals surface area contributed by atoms with Gasteiger partial charge in [0.2, 0.25) is 11.9 Å². The van der Waals surface area contributed by atoms with E-state index in [9.17, 15) is 26.0 Å². The van der Waals surface area contributed by atoms with Crippen molar-refractivity contribution in [2.75, 3.05) is 4.72 Å². The maximum absolute atomic E-state index is 13.5. The summed E-state index contributed by atoms with van der Waals surface area (Å²) in [5.74, 6) is -1.07. The molecule has 1 atom stereocenters. The van der Waals surface area contributed by atoms with Crippen molar-refractivity contribution < 1.29 is 26.0 Å². The molecule has 0 spiro atoms. The van der Waals surface area contributed by atoms with Gasteiger partial charge in [0.1, 0.15) is 0 Å². The third-order valence-electron chi connectivity index (χ3n) is 6.09. The molecule has 184 valence electrons. The van der Waals surface area contributed by atoms with Crippen molar-refractivity contribution in [3.8, 4) is 11.1 Å². The van der Waals surface area contributed by atoms with E-state index in [2.05, 4.69) is 19.7 Å². The van der Waals surface area contributed by atoms with Gasteiger partial charge in [-0.1, -0.05) is 12.1 Å². The minimum absolute atomic E-state index is 0.0322. The van der Waals surface area contributed by atoms with Crippen LogP contribution in [0, 0.1) is 5.95 Å². The molecular formula is C25H18F4N4O2S. The van der Waals surface area contributed by atoms with E-state index < -0.39 is 27.7 Å². The molecule has 0 aliphatic heterocycles. The van der Waals surface area contributed by atoms with Gasteiger partial charge in [0, 0.05) is 30.1 Å². The molecule has 5 rings (SSSR count). The van der Waals surface area contributed by atoms with Crippen LogP contribution in [0.3, 0.4) is 0 Å². The van der Waals surface area contributed by atoms with Crippen molar-refractivity contribution in [3.63, 3.8) is 0 Å². The molecule has 1 N–H and O–H groups in total. The summed E-state index contributed by atoms with van der Waals surface area (Å²) < 4.78 is 81.7.